The van der Waals surface area contributed by atoms with Crippen LogP contribution in [0.5, 0.6) is 0 Å². The Morgan fingerprint density at radius 3 is 2.57 bits per heavy atom. The van der Waals surface area contributed by atoms with Crippen molar-refractivity contribution in [2.45, 2.75) is 12.6 Å². The molecular weight excluding hydrogens is 342 g/mol. The molecule has 0 saturated heterocycles. The molecule has 108 valence electrons. The monoisotopic (exact) mass is 352 g/mol. The largest absolute Gasteiger partial charge is 0.316 e. The van der Waals surface area contributed by atoms with Gasteiger partial charge in [0.15, 0.2) is 0 Å². The number of amides is 1. The van der Waals surface area contributed by atoms with Crippen molar-refractivity contribution in [3.05, 3.63) is 63.6 Å². The van der Waals surface area contributed by atoms with E-state index in [1.54, 1.807) is 6.07 Å². The van der Waals surface area contributed by atoms with E-state index < -0.39 is 11.9 Å². The molecule has 1 amide bonds. The summed E-state index contributed by atoms with van der Waals surface area (Å²) in [4.78, 5) is 13.7. The molecule has 1 atom stereocenters. The van der Waals surface area contributed by atoms with Crippen LogP contribution in [-0.2, 0) is 11.3 Å². The number of halogens is 3. The van der Waals surface area contributed by atoms with E-state index in [0.29, 0.717) is 21.3 Å². The van der Waals surface area contributed by atoms with Gasteiger partial charge < -0.3 is 10.6 Å². The zero-order valence-electron chi connectivity index (χ0n) is 10.8. The first kappa shape index (κ1) is 14.2. The molecule has 2 N–H and O–H groups in total. The summed E-state index contributed by atoms with van der Waals surface area (Å²) in [6, 6.07) is 7.43. The van der Waals surface area contributed by atoms with Gasteiger partial charge in [0.1, 0.15) is 17.7 Å². The molecule has 2 aromatic carbocycles. The Bertz CT molecular complexity index is 736. The van der Waals surface area contributed by atoms with Crippen molar-refractivity contribution in [2.75, 3.05) is 4.90 Å². The van der Waals surface area contributed by atoms with Crippen LogP contribution in [0.3, 0.4) is 0 Å². The highest BCUT2D eigenvalue weighted by Gasteiger charge is 2.35. The van der Waals surface area contributed by atoms with Gasteiger partial charge in [-0.1, -0.05) is 15.9 Å². The minimum Gasteiger partial charge on any atom is -0.316 e. The molecule has 3 nitrogen and oxygen atoms in total. The topological polar surface area (TPSA) is 46.3 Å². The van der Waals surface area contributed by atoms with Crippen LogP contribution in [0.1, 0.15) is 17.2 Å². The maximum atomic E-state index is 13.3. The second-order valence-corrected chi connectivity index (χ2v) is 5.70. The SMILES string of the molecule is NC1C(=O)N(Cc2cc(F)ccc2Br)c2ccc(F)cc21. The summed E-state index contributed by atoms with van der Waals surface area (Å²) >= 11 is 3.33. The molecule has 1 aliphatic rings. The Labute approximate surface area is 128 Å². The molecule has 3 rings (SSSR count). The van der Waals surface area contributed by atoms with Crippen molar-refractivity contribution in [1.29, 1.82) is 0 Å². The van der Waals surface area contributed by atoms with E-state index in [1.807, 2.05) is 0 Å². The van der Waals surface area contributed by atoms with Crippen LogP contribution in [-0.4, -0.2) is 5.91 Å². The van der Waals surface area contributed by atoms with E-state index in [2.05, 4.69) is 15.9 Å². The van der Waals surface area contributed by atoms with Crippen LogP contribution >= 0.6 is 15.9 Å². The molecule has 0 aromatic heterocycles. The number of nitrogens with two attached hydrogens (primary N) is 1. The van der Waals surface area contributed by atoms with Crippen LogP contribution in [0.4, 0.5) is 14.5 Å². The highest BCUT2D eigenvalue weighted by Crippen LogP contribution is 2.36. The summed E-state index contributed by atoms with van der Waals surface area (Å²) in [5, 5.41) is 0. The molecule has 0 spiro atoms. The molecule has 1 heterocycles. The average molecular weight is 353 g/mol. The Morgan fingerprint density at radius 1 is 1.14 bits per heavy atom. The predicted molar refractivity (Wildman–Crippen MR) is 78.6 cm³/mol. The van der Waals surface area contributed by atoms with Crippen molar-refractivity contribution in [3.8, 4) is 0 Å². The van der Waals surface area contributed by atoms with Gasteiger partial charge in [-0.25, -0.2) is 8.78 Å². The van der Waals surface area contributed by atoms with Gasteiger partial charge in [-0.2, -0.15) is 0 Å². The van der Waals surface area contributed by atoms with Crippen LogP contribution in [0, 0.1) is 11.6 Å². The van der Waals surface area contributed by atoms with Crippen molar-refractivity contribution < 1.29 is 13.6 Å². The molecule has 1 unspecified atom stereocenters. The summed E-state index contributed by atoms with van der Waals surface area (Å²) in [6.07, 6.45) is 0. The summed E-state index contributed by atoms with van der Waals surface area (Å²) in [7, 11) is 0. The van der Waals surface area contributed by atoms with Gasteiger partial charge in [-0.05, 0) is 42.0 Å². The van der Waals surface area contributed by atoms with E-state index >= 15 is 0 Å². The molecule has 0 bridgehead atoms. The second kappa shape index (κ2) is 5.20. The lowest BCUT2D eigenvalue weighted by atomic mass is 10.1. The second-order valence-electron chi connectivity index (χ2n) is 4.84. The van der Waals surface area contributed by atoms with Crippen molar-refractivity contribution in [1.82, 2.24) is 0 Å². The summed E-state index contributed by atoms with van der Waals surface area (Å²) in [5.74, 6) is -1.15. The fourth-order valence-electron chi connectivity index (χ4n) is 2.44. The van der Waals surface area contributed by atoms with Gasteiger partial charge in [0.05, 0.1) is 6.54 Å². The number of fused-ring (bicyclic) bond motifs is 1. The molecule has 0 aliphatic carbocycles. The van der Waals surface area contributed by atoms with E-state index in [0.717, 1.165) is 0 Å². The Balaban J connectivity index is 2.00. The highest BCUT2D eigenvalue weighted by molar-refractivity contribution is 9.10. The van der Waals surface area contributed by atoms with Gasteiger partial charge >= 0.3 is 0 Å². The number of hydrogen-bond donors (Lipinski definition) is 1. The zero-order valence-corrected chi connectivity index (χ0v) is 12.4. The van der Waals surface area contributed by atoms with E-state index in [1.165, 1.54) is 35.2 Å². The van der Waals surface area contributed by atoms with Gasteiger partial charge in [0.2, 0.25) is 5.91 Å². The lowest BCUT2D eigenvalue weighted by Crippen LogP contribution is -2.31. The van der Waals surface area contributed by atoms with E-state index in [9.17, 15) is 13.6 Å². The van der Waals surface area contributed by atoms with Gasteiger partial charge in [-0.15, -0.1) is 0 Å². The van der Waals surface area contributed by atoms with Gasteiger partial charge in [0, 0.05) is 15.7 Å². The molecule has 0 saturated carbocycles. The smallest absolute Gasteiger partial charge is 0.248 e. The van der Waals surface area contributed by atoms with Crippen LogP contribution in [0.2, 0.25) is 0 Å². The first-order valence-corrected chi connectivity index (χ1v) is 7.07. The van der Waals surface area contributed by atoms with Gasteiger partial charge in [0.25, 0.3) is 0 Å². The number of carbonyl (C=O) groups excluding carboxylic acids is 1. The third-order valence-electron chi connectivity index (χ3n) is 3.48. The maximum Gasteiger partial charge on any atom is 0.248 e. The fraction of sp³-hybridized carbons (Fsp3) is 0.133. The van der Waals surface area contributed by atoms with Crippen LogP contribution < -0.4 is 10.6 Å². The lowest BCUT2D eigenvalue weighted by Gasteiger charge is -2.18. The van der Waals surface area contributed by atoms with E-state index in [-0.39, 0.29) is 18.3 Å². The number of nitrogens with zero attached hydrogens (tertiary/aromatic N) is 1. The summed E-state index contributed by atoms with van der Waals surface area (Å²) in [5.41, 5.74) is 7.46. The minimum absolute atomic E-state index is 0.170. The zero-order chi connectivity index (χ0) is 15.1. The normalized spacial score (nSPS) is 17.2. The first-order chi connectivity index (χ1) is 9.97. The third-order valence-corrected chi connectivity index (χ3v) is 4.26. The number of anilines is 1. The molecule has 21 heavy (non-hydrogen) atoms. The molecule has 0 fully saturated rings. The van der Waals surface area contributed by atoms with Crippen molar-refractivity contribution in [3.63, 3.8) is 0 Å². The van der Waals surface area contributed by atoms with E-state index in [4.69, 9.17) is 5.73 Å². The van der Waals surface area contributed by atoms with Gasteiger partial charge in [-0.3, -0.25) is 4.79 Å². The van der Waals surface area contributed by atoms with Crippen LogP contribution in [0.15, 0.2) is 40.9 Å². The fourth-order valence-corrected chi connectivity index (χ4v) is 2.81. The number of rotatable bonds is 2. The molecule has 6 heteroatoms. The summed E-state index contributed by atoms with van der Waals surface area (Å²) in [6.45, 7) is 0.170. The minimum atomic E-state index is -0.886. The van der Waals surface area contributed by atoms with Crippen molar-refractivity contribution in [2.24, 2.45) is 5.73 Å². The molecular formula is C15H11BrF2N2O. The number of hydrogen-bond acceptors (Lipinski definition) is 2. The molecule has 0 radical (unpaired) electrons. The standard InChI is InChI=1S/C15H11BrF2N2O/c16-12-3-1-9(17)5-8(12)7-20-13-4-2-10(18)6-11(13)14(19)15(20)21/h1-6,14H,7,19H2. The Hall–Kier alpha value is -1.79. The quantitative estimate of drug-likeness (QED) is 0.901. The average Bonchev–Trinajstić information content (AvgIpc) is 2.68. The lowest BCUT2D eigenvalue weighted by molar-refractivity contribution is -0.119. The molecule has 1 aliphatic heterocycles. The predicted octanol–water partition coefficient (Wildman–Crippen LogP) is 3.27. The third kappa shape index (κ3) is 2.45. The highest BCUT2D eigenvalue weighted by atomic mass is 79.9. The Morgan fingerprint density at radius 2 is 1.81 bits per heavy atom. The number of carbonyl (C=O) groups is 1. The summed E-state index contributed by atoms with van der Waals surface area (Å²) < 4.78 is 27.3. The number of benzene rings is 2. The Kier molecular flexibility index (Phi) is 3.51. The maximum absolute atomic E-state index is 13.3. The molecule has 2 aromatic rings. The first-order valence-electron chi connectivity index (χ1n) is 6.27. The van der Waals surface area contributed by atoms with Crippen LogP contribution in [0.25, 0.3) is 0 Å². The van der Waals surface area contributed by atoms with Crippen molar-refractivity contribution >= 4 is 27.5 Å².